The molecule has 0 aliphatic rings. The highest BCUT2D eigenvalue weighted by atomic mass is 35.5. The Bertz CT molecular complexity index is 183. The molecule has 0 amide bonds. The third-order valence-corrected chi connectivity index (χ3v) is 1.11. The van der Waals surface area contributed by atoms with E-state index in [0.29, 0.717) is 0 Å². The summed E-state index contributed by atoms with van der Waals surface area (Å²) in [4.78, 5) is 21.2. The van der Waals surface area contributed by atoms with E-state index in [-0.39, 0.29) is 0 Å². The summed E-state index contributed by atoms with van der Waals surface area (Å²) < 4.78 is 4.12. The molecule has 0 aliphatic carbocycles. The maximum absolute atomic E-state index is 10.6. The predicted molar refractivity (Wildman–Crippen MR) is 37.0 cm³/mol. The van der Waals surface area contributed by atoms with Crippen molar-refractivity contribution in [2.45, 2.75) is 0 Å². The lowest BCUT2D eigenvalue weighted by atomic mass is 10.3. The van der Waals surface area contributed by atoms with Gasteiger partial charge in [-0.15, -0.1) is 11.6 Å². The monoisotopic (exact) mass is 179 g/mol. The Morgan fingerprint density at radius 3 is 2.45 bits per heavy atom. The first-order chi connectivity index (χ1) is 5.17. The number of alkyl halides is 1. The first-order valence-corrected chi connectivity index (χ1v) is 3.10. The number of ketones is 1. The highest BCUT2D eigenvalue weighted by Gasteiger charge is 2.20. The third kappa shape index (κ3) is 2.55. The van der Waals surface area contributed by atoms with Crippen molar-refractivity contribution in [3.05, 3.63) is 0 Å². The molecule has 0 rings (SSSR count). The van der Waals surface area contributed by atoms with Crippen LogP contribution >= 0.6 is 11.6 Å². The van der Waals surface area contributed by atoms with E-state index < -0.39 is 23.3 Å². The van der Waals surface area contributed by atoms with Crippen molar-refractivity contribution in [1.82, 2.24) is 0 Å². The highest BCUT2D eigenvalue weighted by Crippen LogP contribution is 1.88. The number of carbonyl (C=O) groups excluding carboxylic acids is 2. The van der Waals surface area contributed by atoms with Crippen LogP contribution in [0.1, 0.15) is 0 Å². The number of oxime groups is 1. The Labute approximate surface area is 67.6 Å². The van der Waals surface area contributed by atoms with Crippen molar-refractivity contribution in [1.29, 1.82) is 0 Å². The Morgan fingerprint density at radius 1 is 1.64 bits per heavy atom. The number of ether oxygens (including phenoxy) is 1. The van der Waals surface area contributed by atoms with Gasteiger partial charge in [-0.3, -0.25) is 4.79 Å². The Hall–Kier alpha value is -1.10. The molecular weight excluding hydrogens is 174 g/mol. The van der Waals surface area contributed by atoms with E-state index in [1.54, 1.807) is 0 Å². The highest BCUT2D eigenvalue weighted by molar-refractivity contribution is 6.67. The molecule has 0 fully saturated rings. The maximum atomic E-state index is 10.6. The Balaban J connectivity index is 4.43. The number of carbonyl (C=O) groups is 2. The van der Waals surface area contributed by atoms with Gasteiger partial charge in [0.15, 0.2) is 0 Å². The van der Waals surface area contributed by atoms with Crippen molar-refractivity contribution < 1.29 is 19.5 Å². The van der Waals surface area contributed by atoms with E-state index in [2.05, 4.69) is 9.89 Å². The summed E-state index contributed by atoms with van der Waals surface area (Å²) in [7, 11) is 1.06. The standard InChI is InChI=1S/C5H6ClNO4/c1-11-5(9)4(7-10)3(8)2-6/h10H,2H2,1H3/b7-4-. The number of Topliss-reactive ketones (excluding diaryl/α,β-unsaturated/α-hetero) is 1. The van der Waals surface area contributed by atoms with Crippen LogP contribution in [0.25, 0.3) is 0 Å². The summed E-state index contributed by atoms with van der Waals surface area (Å²) in [6.45, 7) is 0. The molecule has 0 atom stereocenters. The minimum atomic E-state index is -1.00. The van der Waals surface area contributed by atoms with Gasteiger partial charge >= 0.3 is 5.97 Å². The van der Waals surface area contributed by atoms with Gasteiger partial charge in [-0.05, 0) is 0 Å². The predicted octanol–water partition coefficient (Wildman–Crippen LogP) is -0.203. The van der Waals surface area contributed by atoms with Crippen molar-refractivity contribution in [2.24, 2.45) is 5.16 Å². The molecular formula is C5H6ClNO4. The summed E-state index contributed by atoms with van der Waals surface area (Å²) in [5.41, 5.74) is -0.692. The lowest BCUT2D eigenvalue weighted by Gasteiger charge is -1.96. The summed E-state index contributed by atoms with van der Waals surface area (Å²) in [6, 6.07) is 0. The second-order valence-electron chi connectivity index (χ2n) is 1.50. The molecule has 0 bridgehead atoms. The van der Waals surface area contributed by atoms with E-state index in [0.717, 1.165) is 7.11 Å². The lowest BCUT2D eigenvalue weighted by molar-refractivity contribution is -0.133. The van der Waals surface area contributed by atoms with Crippen LogP contribution in [0.15, 0.2) is 5.16 Å². The molecule has 0 aromatic heterocycles. The SMILES string of the molecule is COC(=O)/C(=N\O)C(=O)CCl. The molecule has 6 heteroatoms. The number of rotatable bonds is 3. The Morgan fingerprint density at radius 2 is 2.18 bits per heavy atom. The Kier molecular flexibility index (Phi) is 4.21. The molecule has 0 aromatic rings. The first kappa shape index (κ1) is 9.90. The number of nitrogens with zero attached hydrogens (tertiary/aromatic N) is 1. The number of hydrogen-bond donors (Lipinski definition) is 1. The molecule has 0 spiro atoms. The molecule has 5 nitrogen and oxygen atoms in total. The van der Waals surface area contributed by atoms with Gasteiger partial charge in [0, 0.05) is 0 Å². The van der Waals surface area contributed by atoms with E-state index in [1.165, 1.54) is 0 Å². The topological polar surface area (TPSA) is 76.0 Å². The van der Waals surface area contributed by atoms with E-state index in [1.807, 2.05) is 0 Å². The van der Waals surface area contributed by atoms with Gasteiger partial charge in [-0.1, -0.05) is 5.16 Å². The van der Waals surface area contributed by atoms with E-state index >= 15 is 0 Å². The van der Waals surface area contributed by atoms with E-state index in [9.17, 15) is 9.59 Å². The average molecular weight is 180 g/mol. The van der Waals surface area contributed by atoms with Crippen LogP contribution < -0.4 is 0 Å². The summed E-state index contributed by atoms with van der Waals surface area (Å²) in [5.74, 6) is -2.20. The van der Waals surface area contributed by atoms with E-state index in [4.69, 9.17) is 16.8 Å². The molecule has 0 aromatic carbocycles. The maximum Gasteiger partial charge on any atom is 0.363 e. The summed E-state index contributed by atoms with van der Waals surface area (Å²) >= 11 is 5.08. The quantitative estimate of drug-likeness (QED) is 0.163. The average Bonchev–Trinajstić information content (AvgIpc) is 2.05. The minimum Gasteiger partial charge on any atom is -0.464 e. The van der Waals surface area contributed by atoms with Crippen LogP contribution in [0.3, 0.4) is 0 Å². The van der Waals surface area contributed by atoms with Gasteiger partial charge in [0.2, 0.25) is 11.5 Å². The van der Waals surface area contributed by atoms with Gasteiger partial charge in [0.25, 0.3) is 0 Å². The number of halogens is 1. The van der Waals surface area contributed by atoms with Crippen LogP contribution in [0, 0.1) is 0 Å². The smallest absolute Gasteiger partial charge is 0.363 e. The molecule has 1 N–H and O–H groups in total. The van der Waals surface area contributed by atoms with Crippen molar-refractivity contribution >= 4 is 29.1 Å². The second-order valence-corrected chi connectivity index (χ2v) is 1.76. The van der Waals surface area contributed by atoms with Crippen LogP contribution in [0.2, 0.25) is 0 Å². The lowest BCUT2D eigenvalue weighted by Crippen LogP contribution is -2.26. The molecule has 11 heavy (non-hydrogen) atoms. The fourth-order valence-electron chi connectivity index (χ4n) is 0.370. The van der Waals surface area contributed by atoms with Crippen molar-refractivity contribution in [3.8, 4) is 0 Å². The fraction of sp³-hybridized carbons (Fsp3) is 0.400. The summed E-state index contributed by atoms with van der Waals surface area (Å²) in [5, 5.41) is 10.6. The fourth-order valence-corrected chi connectivity index (χ4v) is 0.497. The number of esters is 1. The van der Waals surface area contributed by atoms with Gasteiger partial charge in [-0.2, -0.15) is 0 Å². The number of methoxy groups -OCH3 is 1. The van der Waals surface area contributed by atoms with Crippen LogP contribution in [0.5, 0.6) is 0 Å². The van der Waals surface area contributed by atoms with Gasteiger partial charge in [0.05, 0.1) is 13.0 Å². The normalized spacial score (nSPS) is 10.9. The molecule has 0 saturated heterocycles. The molecule has 0 saturated carbocycles. The van der Waals surface area contributed by atoms with Gasteiger partial charge in [0.1, 0.15) is 0 Å². The second kappa shape index (κ2) is 4.68. The first-order valence-electron chi connectivity index (χ1n) is 2.57. The number of hydrogen-bond acceptors (Lipinski definition) is 5. The van der Waals surface area contributed by atoms with Crippen LogP contribution in [-0.2, 0) is 14.3 Å². The molecule has 0 unspecified atom stereocenters. The van der Waals surface area contributed by atoms with Crippen LogP contribution in [-0.4, -0.2) is 35.7 Å². The molecule has 0 radical (unpaired) electrons. The molecule has 62 valence electrons. The molecule has 0 heterocycles. The van der Waals surface area contributed by atoms with Crippen molar-refractivity contribution in [2.75, 3.05) is 13.0 Å². The third-order valence-electron chi connectivity index (χ3n) is 0.864. The largest absolute Gasteiger partial charge is 0.464 e. The van der Waals surface area contributed by atoms with Crippen molar-refractivity contribution in [3.63, 3.8) is 0 Å². The van der Waals surface area contributed by atoms with Gasteiger partial charge in [-0.25, -0.2) is 4.79 Å². The summed E-state index contributed by atoms with van der Waals surface area (Å²) in [6.07, 6.45) is 0. The minimum absolute atomic E-state index is 0.422. The van der Waals surface area contributed by atoms with Gasteiger partial charge < -0.3 is 9.94 Å². The molecule has 0 aliphatic heterocycles. The van der Waals surface area contributed by atoms with Crippen LogP contribution in [0.4, 0.5) is 0 Å². The zero-order valence-electron chi connectivity index (χ0n) is 5.70. The zero-order valence-corrected chi connectivity index (χ0v) is 6.46. The zero-order chi connectivity index (χ0) is 8.85.